The topological polar surface area (TPSA) is 32.8 Å². The van der Waals surface area contributed by atoms with Gasteiger partial charge < -0.3 is 9.84 Å². The van der Waals surface area contributed by atoms with E-state index in [1.807, 2.05) is 0 Å². The van der Waals surface area contributed by atoms with Gasteiger partial charge in [-0.25, -0.2) is 0 Å². The molecule has 0 radical (unpaired) electrons. The average Bonchev–Trinajstić information content (AvgIpc) is 3.26. The predicted octanol–water partition coefficient (Wildman–Crippen LogP) is 6.05. The third kappa shape index (κ3) is 2.97. The molecule has 0 aromatic rings. The highest BCUT2D eigenvalue weighted by Gasteiger charge is 2.57. The molecule has 156 valence electrons. The van der Waals surface area contributed by atoms with Gasteiger partial charge in [-0.05, 0) is 92.3 Å². The molecule has 1 aliphatic heterocycles. The molecular weight excluding hydrogens is 344 g/mol. The van der Waals surface area contributed by atoms with Gasteiger partial charge in [0.05, 0.1) is 18.3 Å². The summed E-state index contributed by atoms with van der Waals surface area (Å²) in [5.41, 5.74) is 4.09. The fraction of sp³-hybridized carbons (Fsp3) is 0.846. The van der Waals surface area contributed by atoms with Crippen molar-refractivity contribution >= 4 is 0 Å². The Balaban J connectivity index is 1.34. The normalized spacial score (nSPS) is 49.8. The van der Waals surface area contributed by atoms with E-state index < -0.39 is 0 Å². The van der Waals surface area contributed by atoms with E-state index in [1.165, 1.54) is 50.5 Å². The lowest BCUT2D eigenvalue weighted by molar-refractivity contribution is 0.0420. The van der Waals surface area contributed by atoms with Crippen molar-refractivity contribution in [3.63, 3.8) is 0 Å². The molecule has 1 heterocycles. The minimum atomic E-state index is -0.115. The lowest BCUT2D eigenvalue weighted by Gasteiger charge is -2.54. The second-order valence-corrected chi connectivity index (χ2v) is 11.7. The first kappa shape index (κ1) is 19.4. The zero-order valence-corrected chi connectivity index (χ0v) is 18.4. The fourth-order valence-corrected chi connectivity index (χ4v) is 7.82. The van der Waals surface area contributed by atoms with Crippen molar-refractivity contribution in [3.05, 3.63) is 23.3 Å². The zero-order valence-electron chi connectivity index (χ0n) is 18.4. The molecule has 4 fully saturated rings. The molecule has 8 atom stereocenters. The summed E-state index contributed by atoms with van der Waals surface area (Å²) in [5.74, 6) is 3.09. The molecule has 1 saturated heterocycles. The Labute approximate surface area is 171 Å². The molecule has 2 heteroatoms. The summed E-state index contributed by atoms with van der Waals surface area (Å²) in [6.07, 6.45) is 17.0. The van der Waals surface area contributed by atoms with Gasteiger partial charge in [-0.15, -0.1) is 0 Å². The molecule has 28 heavy (non-hydrogen) atoms. The van der Waals surface area contributed by atoms with E-state index in [0.717, 1.165) is 36.5 Å². The number of hydrogen-bond acceptors (Lipinski definition) is 2. The van der Waals surface area contributed by atoms with Crippen molar-refractivity contribution in [1.29, 1.82) is 0 Å². The SMILES string of the molecule is CC(C)CC1OC1CC1CCC2C3=CC=C4CC(O)CCC4(C)C3CCC12C. The molecule has 8 unspecified atom stereocenters. The Morgan fingerprint density at radius 2 is 1.86 bits per heavy atom. The van der Waals surface area contributed by atoms with Crippen LogP contribution in [0.3, 0.4) is 0 Å². The third-order valence-electron chi connectivity index (χ3n) is 9.65. The maximum absolute atomic E-state index is 10.2. The van der Waals surface area contributed by atoms with Crippen LogP contribution in [0, 0.1) is 34.5 Å². The molecule has 0 bridgehead atoms. The van der Waals surface area contributed by atoms with E-state index >= 15 is 0 Å². The largest absolute Gasteiger partial charge is 0.393 e. The van der Waals surface area contributed by atoms with Crippen LogP contribution in [0.1, 0.15) is 85.5 Å². The standard InChI is InChI=1S/C26H40O2/c1-16(2)13-23-24(28-23)15-18-6-8-21-20-7-5-17-14-19(27)9-11-25(17,3)22(20)10-12-26(18,21)4/h5,7,16,18-19,21-24,27H,6,8-15H2,1-4H3. The van der Waals surface area contributed by atoms with Gasteiger partial charge in [0.15, 0.2) is 0 Å². The minimum absolute atomic E-state index is 0.115. The highest BCUT2D eigenvalue weighted by molar-refractivity contribution is 5.38. The van der Waals surface area contributed by atoms with E-state index in [1.54, 1.807) is 5.57 Å². The van der Waals surface area contributed by atoms with Gasteiger partial charge in [-0.3, -0.25) is 0 Å². The molecule has 4 aliphatic carbocycles. The second kappa shape index (κ2) is 6.71. The number of aliphatic hydroxyl groups excluding tert-OH is 1. The van der Waals surface area contributed by atoms with Crippen LogP contribution in [0.25, 0.3) is 0 Å². The van der Waals surface area contributed by atoms with Crippen molar-refractivity contribution in [2.75, 3.05) is 0 Å². The molecule has 2 nitrogen and oxygen atoms in total. The molecule has 3 saturated carbocycles. The molecule has 0 aromatic carbocycles. The van der Waals surface area contributed by atoms with Crippen LogP contribution in [-0.4, -0.2) is 23.4 Å². The summed E-state index contributed by atoms with van der Waals surface area (Å²) in [6, 6.07) is 0. The molecule has 5 aliphatic rings. The second-order valence-electron chi connectivity index (χ2n) is 11.7. The van der Waals surface area contributed by atoms with Crippen molar-refractivity contribution in [3.8, 4) is 0 Å². The Morgan fingerprint density at radius 3 is 2.64 bits per heavy atom. The van der Waals surface area contributed by atoms with Crippen LogP contribution in [0.2, 0.25) is 0 Å². The summed E-state index contributed by atoms with van der Waals surface area (Å²) >= 11 is 0. The molecule has 0 spiro atoms. The molecular formula is C26H40O2. The minimum Gasteiger partial charge on any atom is -0.393 e. The van der Waals surface area contributed by atoms with Crippen LogP contribution < -0.4 is 0 Å². The van der Waals surface area contributed by atoms with Crippen LogP contribution in [0.5, 0.6) is 0 Å². The molecule has 1 N–H and O–H groups in total. The zero-order chi connectivity index (χ0) is 19.7. The van der Waals surface area contributed by atoms with Crippen molar-refractivity contribution in [2.24, 2.45) is 34.5 Å². The first-order valence-corrected chi connectivity index (χ1v) is 12.1. The highest BCUT2D eigenvalue weighted by atomic mass is 16.6. The Bertz CT molecular complexity index is 691. The number of allylic oxidation sites excluding steroid dienone is 3. The lowest BCUT2D eigenvalue weighted by Crippen LogP contribution is -2.46. The Kier molecular flexibility index (Phi) is 4.64. The monoisotopic (exact) mass is 384 g/mol. The third-order valence-corrected chi connectivity index (χ3v) is 9.65. The summed E-state index contributed by atoms with van der Waals surface area (Å²) in [4.78, 5) is 0. The maximum atomic E-state index is 10.2. The van der Waals surface area contributed by atoms with Crippen molar-refractivity contribution < 1.29 is 9.84 Å². The van der Waals surface area contributed by atoms with Crippen LogP contribution in [-0.2, 0) is 4.74 Å². The van der Waals surface area contributed by atoms with Crippen LogP contribution in [0.4, 0.5) is 0 Å². The summed E-state index contributed by atoms with van der Waals surface area (Å²) in [5, 5.41) is 10.2. The summed E-state index contributed by atoms with van der Waals surface area (Å²) < 4.78 is 6.07. The Morgan fingerprint density at radius 1 is 1.04 bits per heavy atom. The van der Waals surface area contributed by atoms with Gasteiger partial charge in [0, 0.05) is 0 Å². The van der Waals surface area contributed by atoms with Gasteiger partial charge >= 0.3 is 0 Å². The van der Waals surface area contributed by atoms with Gasteiger partial charge in [0.1, 0.15) is 0 Å². The fourth-order valence-electron chi connectivity index (χ4n) is 7.82. The maximum Gasteiger partial charge on any atom is 0.0844 e. The van der Waals surface area contributed by atoms with Crippen molar-refractivity contribution in [1.82, 2.24) is 0 Å². The number of rotatable bonds is 4. The Hall–Kier alpha value is -0.600. The number of fused-ring (bicyclic) bond motifs is 5. The smallest absolute Gasteiger partial charge is 0.0844 e. The summed E-state index contributed by atoms with van der Waals surface area (Å²) in [7, 11) is 0. The number of hydrogen-bond donors (Lipinski definition) is 1. The van der Waals surface area contributed by atoms with Gasteiger partial charge in [0.25, 0.3) is 0 Å². The molecule has 0 amide bonds. The van der Waals surface area contributed by atoms with Gasteiger partial charge in [0.2, 0.25) is 0 Å². The van der Waals surface area contributed by atoms with Gasteiger partial charge in [-0.2, -0.15) is 0 Å². The van der Waals surface area contributed by atoms with E-state index in [2.05, 4.69) is 39.8 Å². The molecule has 0 aromatic heterocycles. The lowest BCUT2D eigenvalue weighted by atomic mass is 9.50. The van der Waals surface area contributed by atoms with Gasteiger partial charge in [-0.1, -0.05) is 51.0 Å². The number of aliphatic hydroxyl groups is 1. The van der Waals surface area contributed by atoms with Crippen LogP contribution in [0.15, 0.2) is 23.3 Å². The highest BCUT2D eigenvalue weighted by Crippen LogP contribution is 2.65. The first-order chi connectivity index (χ1) is 13.3. The van der Waals surface area contributed by atoms with E-state index in [-0.39, 0.29) is 6.10 Å². The van der Waals surface area contributed by atoms with E-state index in [0.29, 0.717) is 23.0 Å². The number of ether oxygens (including phenoxy) is 1. The summed E-state index contributed by atoms with van der Waals surface area (Å²) in [6.45, 7) is 9.74. The number of epoxide rings is 1. The average molecular weight is 385 g/mol. The van der Waals surface area contributed by atoms with E-state index in [9.17, 15) is 5.11 Å². The first-order valence-electron chi connectivity index (χ1n) is 12.1. The van der Waals surface area contributed by atoms with Crippen LogP contribution >= 0.6 is 0 Å². The van der Waals surface area contributed by atoms with E-state index in [4.69, 9.17) is 4.74 Å². The van der Waals surface area contributed by atoms with Crippen molar-refractivity contribution in [2.45, 2.75) is 104 Å². The molecule has 5 rings (SSSR count). The predicted molar refractivity (Wildman–Crippen MR) is 114 cm³/mol. The quantitative estimate of drug-likeness (QED) is 0.598.